The molecule has 29 heavy (non-hydrogen) atoms. The number of carbonyl (C=O) groups is 3. The van der Waals surface area contributed by atoms with E-state index in [1.54, 1.807) is 17.8 Å². The van der Waals surface area contributed by atoms with Gasteiger partial charge in [0, 0.05) is 32.1 Å². The molecule has 0 spiro atoms. The number of rotatable bonds is 8. The van der Waals surface area contributed by atoms with Gasteiger partial charge in [0.2, 0.25) is 5.91 Å². The van der Waals surface area contributed by atoms with Crippen LogP contribution in [0.3, 0.4) is 0 Å². The summed E-state index contributed by atoms with van der Waals surface area (Å²) in [5, 5.41) is 22.6. The fourth-order valence-electron chi connectivity index (χ4n) is 2.96. The summed E-state index contributed by atoms with van der Waals surface area (Å²) in [7, 11) is 0. The van der Waals surface area contributed by atoms with Crippen LogP contribution in [-0.4, -0.2) is 61.7 Å². The molecule has 0 bridgehead atoms. The molecule has 2 aromatic rings. The Balaban J connectivity index is 1.69. The van der Waals surface area contributed by atoms with Crippen LogP contribution in [0, 0.1) is 0 Å². The van der Waals surface area contributed by atoms with Crippen molar-refractivity contribution in [3.05, 3.63) is 29.8 Å². The first kappa shape index (κ1) is 20.5. The minimum Gasteiger partial charge on any atom is -0.476 e. The summed E-state index contributed by atoms with van der Waals surface area (Å²) in [6.07, 6.45) is 4.86. The average molecular weight is 404 g/mol. The van der Waals surface area contributed by atoms with Crippen LogP contribution in [0.25, 0.3) is 0 Å². The van der Waals surface area contributed by atoms with Crippen molar-refractivity contribution < 1.29 is 24.2 Å². The highest BCUT2D eigenvalue weighted by Crippen LogP contribution is 2.17. The van der Waals surface area contributed by atoms with Crippen LogP contribution in [-0.2, 0) is 16.1 Å². The fourth-order valence-corrected chi connectivity index (χ4v) is 2.96. The minimum atomic E-state index is -1.18. The molecular formula is C18H24N6O5. The molecule has 1 saturated heterocycles. The molecule has 1 fully saturated rings. The predicted octanol–water partition coefficient (Wildman–Crippen LogP) is 0.906. The molecule has 2 amide bonds. The van der Waals surface area contributed by atoms with E-state index in [0.717, 1.165) is 12.8 Å². The molecule has 11 heteroatoms. The molecule has 3 heterocycles. The topological polar surface area (TPSA) is 140 Å². The zero-order valence-electron chi connectivity index (χ0n) is 16.3. The Morgan fingerprint density at radius 3 is 2.79 bits per heavy atom. The van der Waals surface area contributed by atoms with Gasteiger partial charge in [0.15, 0.2) is 11.4 Å². The van der Waals surface area contributed by atoms with E-state index in [2.05, 4.69) is 20.8 Å². The molecule has 11 nitrogen and oxygen atoms in total. The van der Waals surface area contributed by atoms with E-state index in [9.17, 15) is 14.4 Å². The standard InChI is InChI=1S/C18H24N6O5/c1-3-23-10-14(15(22-23)17(26)19-9-12-5-4-8-29-12)20-16(25)11(2)24-7-6-13(21-24)18(27)28/h6-7,10-12H,3-5,8-9H2,1-2H3,(H,19,26)(H,20,25)(H,27,28). The van der Waals surface area contributed by atoms with E-state index in [-0.39, 0.29) is 23.2 Å². The Kier molecular flexibility index (Phi) is 6.27. The van der Waals surface area contributed by atoms with Crippen molar-refractivity contribution >= 4 is 23.5 Å². The number of hydrogen-bond acceptors (Lipinski definition) is 6. The molecule has 2 unspecified atom stereocenters. The number of carbonyl (C=O) groups excluding carboxylic acids is 2. The van der Waals surface area contributed by atoms with Crippen molar-refractivity contribution in [2.45, 2.75) is 45.4 Å². The Morgan fingerprint density at radius 2 is 2.17 bits per heavy atom. The van der Waals surface area contributed by atoms with Gasteiger partial charge in [-0.1, -0.05) is 0 Å². The van der Waals surface area contributed by atoms with E-state index >= 15 is 0 Å². The normalized spacial score (nSPS) is 17.1. The van der Waals surface area contributed by atoms with Crippen molar-refractivity contribution in [2.75, 3.05) is 18.5 Å². The third kappa shape index (κ3) is 4.80. The van der Waals surface area contributed by atoms with E-state index in [0.29, 0.717) is 19.7 Å². The monoisotopic (exact) mass is 404 g/mol. The van der Waals surface area contributed by atoms with Crippen LogP contribution in [0.15, 0.2) is 18.5 Å². The molecule has 156 valence electrons. The Morgan fingerprint density at radius 1 is 1.38 bits per heavy atom. The van der Waals surface area contributed by atoms with Gasteiger partial charge in [-0.05, 0) is 32.8 Å². The molecule has 0 aromatic carbocycles. The highest BCUT2D eigenvalue weighted by molar-refractivity contribution is 6.03. The zero-order chi connectivity index (χ0) is 21.0. The highest BCUT2D eigenvalue weighted by Gasteiger charge is 2.24. The maximum atomic E-state index is 12.6. The summed E-state index contributed by atoms with van der Waals surface area (Å²) in [6, 6.07) is 0.529. The number of aryl methyl sites for hydroxylation is 1. The second kappa shape index (κ2) is 8.86. The predicted molar refractivity (Wildman–Crippen MR) is 102 cm³/mol. The van der Waals surface area contributed by atoms with E-state index in [4.69, 9.17) is 9.84 Å². The molecule has 3 N–H and O–H groups in total. The van der Waals surface area contributed by atoms with Crippen LogP contribution in [0.2, 0.25) is 0 Å². The lowest BCUT2D eigenvalue weighted by molar-refractivity contribution is -0.119. The number of carboxylic acids is 1. The Hall–Kier alpha value is -3.21. The summed E-state index contributed by atoms with van der Waals surface area (Å²) in [5.41, 5.74) is 0.230. The second-order valence-corrected chi connectivity index (χ2v) is 6.74. The number of carboxylic acid groups (broad SMARTS) is 1. The lowest BCUT2D eigenvalue weighted by Gasteiger charge is -2.13. The number of nitrogens with zero attached hydrogens (tertiary/aromatic N) is 4. The van der Waals surface area contributed by atoms with Gasteiger partial charge in [-0.15, -0.1) is 0 Å². The van der Waals surface area contributed by atoms with Crippen molar-refractivity contribution in [2.24, 2.45) is 0 Å². The number of anilines is 1. The van der Waals surface area contributed by atoms with Gasteiger partial charge in [0.05, 0.1) is 11.8 Å². The van der Waals surface area contributed by atoms with Gasteiger partial charge >= 0.3 is 5.97 Å². The molecule has 0 radical (unpaired) electrons. The van der Waals surface area contributed by atoms with Gasteiger partial charge in [0.1, 0.15) is 6.04 Å². The summed E-state index contributed by atoms with van der Waals surface area (Å²) in [4.78, 5) is 36.2. The lowest BCUT2D eigenvalue weighted by Crippen LogP contribution is -2.33. The largest absolute Gasteiger partial charge is 0.476 e. The third-order valence-electron chi connectivity index (χ3n) is 4.68. The number of aromatic carboxylic acids is 1. The highest BCUT2D eigenvalue weighted by atomic mass is 16.5. The smallest absolute Gasteiger partial charge is 0.356 e. The van der Waals surface area contributed by atoms with Crippen LogP contribution >= 0.6 is 0 Å². The summed E-state index contributed by atoms with van der Waals surface area (Å²) in [5.74, 6) is -2.03. The van der Waals surface area contributed by atoms with Crippen LogP contribution in [0.1, 0.15) is 53.7 Å². The maximum Gasteiger partial charge on any atom is 0.356 e. The molecule has 2 atom stereocenters. The van der Waals surface area contributed by atoms with Gasteiger partial charge in [-0.25, -0.2) is 4.79 Å². The SMILES string of the molecule is CCn1cc(NC(=O)C(C)n2ccc(C(=O)O)n2)c(C(=O)NCC2CCCO2)n1. The van der Waals surface area contributed by atoms with Crippen molar-refractivity contribution in [3.63, 3.8) is 0 Å². The molecule has 1 aliphatic heterocycles. The lowest BCUT2D eigenvalue weighted by atomic mass is 10.2. The van der Waals surface area contributed by atoms with Crippen molar-refractivity contribution in [1.29, 1.82) is 0 Å². The van der Waals surface area contributed by atoms with Crippen LogP contribution in [0.4, 0.5) is 5.69 Å². The number of hydrogen-bond donors (Lipinski definition) is 3. The molecular weight excluding hydrogens is 380 g/mol. The van der Waals surface area contributed by atoms with Crippen molar-refractivity contribution in [3.8, 4) is 0 Å². The van der Waals surface area contributed by atoms with Gasteiger partial charge in [0.25, 0.3) is 5.91 Å². The average Bonchev–Trinajstić information content (AvgIpc) is 3.45. The van der Waals surface area contributed by atoms with Gasteiger partial charge < -0.3 is 20.5 Å². The first-order valence-electron chi connectivity index (χ1n) is 9.45. The van der Waals surface area contributed by atoms with Crippen LogP contribution in [0.5, 0.6) is 0 Å². The van der Waals surface area contributed by atoms with Crippen LogP contribution < -0.4 is 10.6 Å². The summed E-state index contributed by atoms with van der Waals surface area (Å²) < 4.78 is 8.30. The molecule has 3 rings (SSSR count). The zero-order valence-corrected chi connectivity index (χ0v) is 16.3. The first-order valence-corrected chi connectivity index (χ1v) is 9.45. The van der Waals surface area contributed by atoms with Gasteiger partial charge in [-0.3, -0.25) is 19.0 Å². The summed E-state index contributed by atoms with van der Waals surface area (Å²) in [6.45, 7) is 5.05. The number of ether oxygens (including phenoxy) is 1. The van der Waals surface area contributed by atoms with Crippen molar-refractivity contribution in [1.82, 2.24) is 24.9 Å². The maximum absolute atomic E-state index is 12.6. The Bertz CT molecular complexity index is 898. The number of nitrogens with one attached hydrogen (secondary N) is 2. The minimum absolute atomic E-state index is 0.00600. The molecule has 2 aromatic heterocycles. The van der Waals surface area contributed by atoms with E-state index < -0.39 is 23.8 Å². The summed E-state index contributed by atoms with van der Waals surface area (Å²) >= 11 is 0. The number of aromatic nitrogens is 4. The molecule has 1 aliphatic rings. The molecule has 0 aliphatic carbocycles. The molecule has 0 saturated carbocycles. The first-order chi connectivity index (χ1) is 13.9. The fraction of sp³-hybridized carbons (Fsp3) is 0.500. The van der Waals surface area contributed by atoms with E-state index in [1.165, 1.54) is 16.9 Å². The quantitative estimate of drug-likeness (QED) is 0.594. The van der Waals surface area contributed by atoms with Gasteiger partial charge in [-0.2, -0.15) is 10.2 Å². The van der Waals surface area contributed by atoms with E-state index in [1.807, 2.05) is 6.92 Å². The third-order valence-corrected chi connectivity index (χ3v) is 4.68. The Labute approximate surface area is 167 Å². The second-order valence-electron chi connectivity index (χ2n) is 6.74. The number of amides is 2.